The molecular formula is C21H23N3O3. The predicted octanol–water partition coefficient (Wildman–Crippen LogP) is 3.31. The lowest BCUT2D eigenvalue weighted by molar-refractivity contribution is 0.0946. The number of hydrogen-bond donors (Lipinski definition) is 1. The third-order valence-electron chi connectivity index (χ3n) is 4.30. The van der Waals surface area contributed by atoms with Crippen molar-refractivity contribution in [1.82, 2.24) is 15.1 Å². The Hall–Kier alpha value is -3.28. The molecule has 6 nitrogen and oxygen atoms in total. The van der Waals surface area contributed by atoms with Crippen molar-refractivity contribution in [3.8, 4) is 17.2 Å². The summed E-state index contributed by atoms with van der Waals surface area (Å²) in [7, 11) is 1.61. The van der Waals surface area contributed by atoms with Gasteiger partial charge in [-0.05, 0) is 37.6 Å². The number of methoxy groups -OCH3 is 1. The summed E-state index contributed by atoms with van der Waals surface area (Å²) in [5.41, 5.74) is 3.42. The van der Waals surface area contributed by atoms with E-state index >= 15 is 0 Å². The second kappa shape index (κ2) is 8.40. The molecule has 0 bridgehead atoms. The van der Waals surface area contributed by atoms with Crippen molar-refractivity contribution in [3.05, 3.63) is 71.5 Å². The molecule has 0 aliphatic heterocycles. The summed E-state index contributed by atoms with van der Waals surface area (Å²) in [5, 5.41) is 7.24. The maximum Gasteiger partial charge on any atom is 0.254 e. The minimum atomic E-state index is -0.165. The van der Waals surface area contributed by atoms with Gasteiger partial charge in [-0.2, -0.15) is 5.10 Å². The van der Waals surface area contributed by atoms with Gasteiger partial charge in [-0.25, -0.2) is 4.68 Å². The van der Waals surface area contributed by atoms with E-state index in [-0.39, 0.29) is 5.91 Å². The Kier molecular flexibility index (Phi) is 5.76. The molecular weight excluding hydrogens is 342 g/mol. The van der Waals surface area contributed by atoms with E-state index in [9.17, 15) is 4.79 Å². The molecule has 0 unspecified atom stereocenters. The van der Waals surface area contributed by atoms with Gasteiger partial charge in [-0.15, -0.1) is 0 Å². The highest BCUT2D eigenvalue weighted by Crippen LogP contribution is 2.19. The van der Waals surface area contributed by atoms with Crippen molar-refractivity contribution in [2.45, 2.75) is 13.8 Å². The fraction of sp³-hybridized carbons (Fsp3) is 0.238. The molecule has 0 saturated heterocycles. The first-order valence-electron chi connectivity index (χ1n) is 8.76. The van der Waals surface area contributed by atoms with E-state index in [4.69, 9.17) is 9.47 Å². The zero-order chi connectivity index (χ0) is 19.2. The first kappa shape index (κ1) is 18.5. The molecule has 0 saturated carbocycles. The number of hydrogen-bond acceptors (Lipinski definition) is 4. The molecule has 140 valence electrons. The van der Waals surface area contributed by atoms with Crippen LogP contribution in [0.15, 0.2) is 54.7 Å². The number of benzene rings is 2. The normalized spacial score (nSPS) is 10.5. The monoisotopic (exact) mass is 365 g/mol. The second-order valence-corrected chi connectivity index (χ2v) is 6.13. The lowest BCUT2D eigenvalue weighted by Crippen LogP contribution is -2.28. The molecule has 0 aliphatic carbocycles. The van der Waals surface area contributed by atoms with E-state index < -0.39 is 0 Å². The molecule has 1 N–H and O–H groups in total. The minimum absolute atomic E-state index is 0.165. The molecule has 0 atom stereocenters. The maximum atomic E-state index is 12.5. The fourth-order valence-electron chi connectivity index (χ4n) is 2.80. The molecule has 6 heteroatoms. The van der Waals surface area contributed by atoms with Gasteiger partial charge in [0, 0.05) is 6.07 Å². The molecule has 0 aliphatic rings. The summed E-state index contributed by atoms with van der Waals surface area (Å²) in [5.74, 6) is 1.27. The third kappa shape index (κ3) is 4.28. The van der Waals surface area contributed by atoms with Gasteiger partial charge in [0.2, 0.25) is 0 Å². The zero-order valence-corrected chi connectivity index (χ0v) is 15.7. The van der Waals surface area contributed by atoms with Crippen LogP contribution >= 0.6 is 0 Å². The molecule has 1 amide bonds. The van der Waals surface area contributed by atoms with E-state index in [2.05, 4.69) is 10.4 Å². The molecule has 2 aromatic carbocycles. The number of rotatable bonds is 7. The van der Waals surface area contributed by atoms with Gasteiger partial charge in [-0.3, -0.25) is 4.79 Å². The summed E-state index contributed by atoms with van der Waals surface area (Å²) in [6.07, 6.45) is 1.60. The molecule has 1 aromatic heterocycles. The Morgan fingerprint density at radius 1 is 1.11 bits per heavy atom. The van der Waals surface area contributed by atoms with E-state index in [0.29, 0.717) is 24.5 Å². The Bertz CT molecular complexity index is 934. The highest BCUT2D eigenvalue weighted by Gasteiger charge is 2.15. The van der Waals surface area contributed by atoms with E-state index in [1.54, 1.807) is 24.1 Å². The SMILES string of the molecule is COc1cccc(OCCNC(=O)c2cnn(-c3ccccc3C)c2C)c1. The van der Waals surface area contributed by atoms with Gasteiger partial charge >= 0.3 is 0 Å². The van der Waals surface area contributed by atoms with E-state index in [1.165, 1.54) is 0 Å². The van der Waals surface area contributed by atoms with Crippen molar-refractivity contribution in [3.63, 3.8) is 0 Å². The lowest BCUT2D eigenvalue weighted by atomic mass is 10.2. The van der Waals surface area contributed by atoms with Crippen LogP contribution in [0.5, 0.6) is 11.5 Å². The number of nitrogens with zero attached hydrogens (tertiary/aromatic N) is 2. The van der Waals surface area contributed by atoms with Crippen molar-refractivity contribution in [2.24, 2.45) is 0 Å². The molecule has 0 radical (unpaired) electrons. The highest BCUT2D eigenvalue weighted by molar-refractivity contribution is 5.95. The highest BCUT2D eigenvalue weighted by atomic mass is 16.5. The van der Waals surface area contributed by atoms with E-state index in [0.717, 1.165) is 22.7 Å². The number of ether oxygens (including phenoxy) is 2. The Morgan fingerprint density at radius 2 is 1.89 bits per heavy atom. The molecule has 27 heavy (non-hydrogen) atoms. The Balaban J connectivity index is 1.58. The topological polar surface area (TPSA) is 65.4 Å². The lowest BCUT2D eigenvalue weighted by Gasteiger charge is -2.10. The molecule has 3 aromatic rings. The molecule has 0 fully saturated rings. The number of amides is 1. The molecule has 0 spiro atoms. The third-order valence-corrected chi connectivity index (χ3v) is 4.30. The number of carbonyl (C=O) groups is 1. The van der Waals surface area contributed by atoms with Crippen LogP contribution in [0.4, 0.5) is 0 Å². The standard InChI is InChI=1S/C21H23N3O3/c1-15-7-4-5-10-20(15)24-16(2)19(14-23-24)21(25)22-11-12-27-18-9-6-8-17(13-18)26-3/h4-10,13-14H,11-12H2,1-3H3,(H,22,25). The summed E-state index contributed by atoms with van der Waals surface area (Å²) in [4.78, 5) is 12.5. The van der Waals surface area contributed by atoms with Gasteiger partial charge < -0.3 is 14.8 Å². The van der Waals surface area contributed by atoms with Crippen LogP contribution in [0, 0.1) is 13.8 Å². The van der Waals surface area contributed by atoms with Crippen LogP contribution in [0.1, 0.15) is 21.6 Å². The van der Waals surface area contributed by atoms with Crippen LogP contribution < -0.4 is 14.8 Å². The smallest absolute Gasteiger partial charge is 0.254 e. The average Bonchev–Trinajstić information content (AvgIpc) is 3.07. The van der Waals surface area contributed by atoms with Crippen molar-refractivity contribution >= 4 is 5.91 Å². The van der Waals surface area contributed by atoms with Crippen LogP contribution in [0.3, 0.4) is 0 Å². The first-order chi connectivity index (χ1) is 13.1. The van der Waals surface area contributed by atoms with Gasteiger partial charge in [0.1, 0.15) is 18.1 Å². The van der Waals surface area contributed by atoms with Crippen LogP contribution in [0.25, 0.3) is 5.69 Å². The van der Waals surface area contributed by atoms with Gasteiger partial charge in [0.05, 0.1) is 36.8 Å². The van der Waals surface area contributed by atoms with Crippen molar-refractivity contribution in [1.29, 1.82) is 0 Å². The van der Waals surface area contributed by atoms with Crippen LogP contribution in [-0.4, -0.2) is 35.9 Å². The quantitative estimate of drug-likeness (QED) is 0.653. The first-order valence-corrected chi connectivity index (χ1v) is 8.76. The molecule has 1 heterocycles. The number of aromatic nitrogens is 2. The average molecular weight is 365 g/mol. The van der Waals surface area contributed by atoms with Crippen LogP contribution in [0.2, 0.25) is 0 Å². The number of para-hydroxylation sites is 1. The van der Waals surface area contributed by atoms with Gasteiger partial charge in [0.25, 0.3) is 5.91 Å². The number of aryl methyl sites for hydroxylation is 1. The minimum Gasteiger partial charge on any atom is -0.497 e. The Labute approximate surface area is 158 Å². The zero-order valence-electron chi connectivity index (χ0n) is 15.7. The van der Waals surface area contributed by atoms with Gasteiger partial charge in [-0.1, -0.05) is 24.3 Å². The van der Waals surface area contributed by atoms with E-state index in [1.807, 2.05) is 56.3 Å². The Morgan fingerprint density at radius 3 is 2.67 bits per heavy atom. The maximum absolute atomic E-state index is 12.5. The summed E-state index contributed by atoms with van der Waals surface area (Å²) < 4.78 is 12.6. The van der Waals surface area contributed by atoms with Crippen LogP contribution in [-0.2, 0) is 0 Å². The van der Waals surface area contributed by atoms with Crippen molar-refractivity contribution in [2.75, 3.05) is 20.3 Å². The number of carbonyl (C=O) groups excluding carboxylic acids is 1. The molecule has 3 rings (SSSR count). The summed E-state index contributed by atoms with van der Waals surface area (Å²) in [6, 6.07) is 15.3. The summed E-state index contributed by atoms with van der Waals surface area (Å²) in [6.45, 7) is 4.67. The van der Waals surface area contributed by atoms with Crippen molar-refractivity contribution < 1.29 is 14.3 Å². The summed E-state index contributed by atoms with van der Waals surface area (Å²) >= 11 is 0. The fourth-order valence-corrected chi connectivity index (χ4v) is 2.80. The largest absolute Gasteiger partial charge is 0.497 e. The predicted molar refractivity (Wildman–Crippen MR) is 104 cm³/mol. The van der Waals surface area contributed by atoms with Gasteiger partial charge in [0.15, 0.2) is 0 Å². The second-order valence-electron chi connectivity index (χ2n) is 6.13. The number of nitrogens with one attached hydrogen (secondary N) is 1.